The molecule has 1 aliphatic rings. The van der Waals surface area contributed by atoms with Gasteiger partial charge in [-0.1, -0.05) is 24.3 Å². The Morgan fingerprint density at radius 1 is 1.06 bits per heavy atom. The molecule has 1 amide bonds. The number of rotatable bonds is 7. The summed E-state index contributed by atoms with van der Waals surface area (Å²) in [5.41, 5.74) is 8.04. The van der Waals surface area contributed by atoms with Crippen molar-refractivity contribution in [1.29, 1.82) is 0 Å². The monoisotopic (exact) mass is 434 g/mol. The van der Waals surface area contributed by atoms with E-state index >= 15 is 0 Å². The third-order valence-electron chi connectivity index (χ3n) is 5.85. The second-order valence-corrected chi connectivity index (χ2v) is 8.20. The van der Waals surface area contributed by atoms with Gasteiger partial charge in [-0.05, 0) is 29.8 Å². The average Bonchev–Trinajstić information content (AvgIpc) is 2.80. The molecule has 1 saturated heterocycles. The molecule has 8 heteroatoms. The molecule has 1 aliphatic heterocycles. The van der Waals surface area contributed by atoms with Gasteiger partial charge in [-0.15, -0.1) is 0 Å². The molecule has 168 valence electrons. The van der Waals surface area contributed by atoms with E-state index in [-0.39, 0.29) is 5.91 Å². The number of carbonyl (C=O) groups excluding carboxylic acids is 1. The number of nitrogen functional groups attached to an aromatic ring is 1. The molecule has 0 bridgehead atoms. The molecule has 32 heavy (non-hydrogen) atoms. The van der Waals surface area contributed by atoms with Crippen LogP contribution in [0.3, 0.4) is 0 Å². The Morgan fingerprint density at radius 2 is 1.81 bits per heavy atom. The van der Waals surface area contributed by atoms with E-state index in [1.165, 1.54) is 0 Å². The topological polar surface area (TPSA) is 87.8 Å². The van der Waals surface area contributed by atoms with Crippen molar-refractivity contribution in [2.75, 3.05) is 52.6 Å². The molecule has 3 aromatic rings. The second kappa shape index (κ2) is 9.93. The number of hydrogen-bond acceptors (Lipinski definition) is 7. The number of benzene rings is 2. The number of nitrogens with zero attached hydrogens (tertiary/aromatic N) is 5. The SMILES string of the molecule is COc1cccc(CN(C)C(=O)CN2CCN(Cc3nc(N)c4ccccc4n3)CC2)c1. The Hall–Kier alpha value is -3.23. The van der Waals surface area contributed by atoms with Crippen molar-refractivity contribution in [2.24, 2.45) is 0 Å². The van der Waals surface area contributed by atoms with E-state index in [9.17, 15) is 4.79 Å². The van der Waals surface area contributed by atoms with Crippen LogP contribution in [0.5, 0.6) is 5.75 Å². The van der Waals surface area contributed by atoms with Crippen LogP contribution < -0.4 is 10.5 Å². The van der Waals surface area contributed by atoms with Gasteiger partial charge in [-0.25, -0.2) is 9.97 Å². The summed E-state index contributed by atoms with van der Waals surface area (Å²) >= 11 is 0. The molecule has 0 saturated carbocycles. The maximum atomic E-state index is 12.7. The first-order valence-electron chi connectivity index (χ1n) is 10.8. The number of hydrogen-bond donors (Lipinski definition) is 1. The van der Waals surface area contributed by atoms with Crippen molar-refractivity contribution >= 4 is 22.6 Å². The smallest absolute Gasteiger partial charge is 0.236 e. The predicted octanol–water partition coefficient (Wildman–Crippen LogP) is 2.00. The molecular weight excluding hydrogens is 404 g/mol. The lowest BCUT2D eigenvalue weighted by molar-refractivity contribution is -0.132. The molecule has 1 aromatic heterocycles. The van der Waals surface area contributed by atoms with Crippen LogP contribution in [0.1, 0.15) is 11.4 Å². The molecule has 2 N–H and O–H groups in total. The minimum atomic E-state index is 0.118. The summed E-state index contributed by atoms with van der Waals surface area (Å²) in [6, 6.07) is 15.6. The maximum absolute atomic E-state index is 12.7. The summed E-state index contributed by atoms with van der Waals surface area (Å²) in [6.07, 6.45) is 0. The normalized spacial score (nSPS) is 15.1. The van der Waals surface area contributed by atoms with E-state index < -0.39 is 0 Å². The Bertz CT molecular complexity index is 1080. The molecule has 1 fully saturated rings. The Balaban J connectivity index is 1.27. The minimum Gasteiger partial charge on any atom is -0.497 e. The molecule has 2 aromatic carbocycles. The van der Waals surface area contributed by atoms with Crippen LogP contribution in [0.4, 0.5) is 5.82 Å². The lowest BCUT2D eigenvalue weighted by Gasteiger charge is -2.34. The van der Waals surface area contributed by atoms with Gasteiger partial charge in [0.1, 0.15) is 17.4 Å². The Kier molecular flexibility index (Phi) is 6.82. The summed E-state index contributed by atoms with van der Waals surface area (Å²) in [5, 5.41) is 0.887. The summed E-state index contributed by atoms with van der Waals surface area (Å²) in [5.74, 6) is 2.18. The number of fused-ring (bicyclic) bond motifs is 1. The highest BCUT2D eigenvalue weighted by molar-refractivity contribution is 5.87. The van der Waals surface area contributed by atoms with E-state index in [1.807, 2.05) is 55.6 Å². The zero-order valence-electron chi connectivity index (χ0n) is 18.7. The predicted molar refractivity (Wildman–Crippen MR) is 125 cm³/mol. The van der Waals surface area contributed by atoms with Gasteiger partial charge in [0.15, 0.2) is 0 Å². The Labute approximate surface area is 188 Å². The minimum absolute atomic E-state index is 0.118. The quantitative estimate of drug-likeness (QED) is 0.608. The van der Waals surface area contributed by atoms with E-state index in [2.05, 4.69) is 19.8 Å². The van der Waals surface area contributed by atoms with E-state index in [0.717, 1.165) is 54.2 Å². The zero-order chi connectivity index (χ0) is 22.5. The lowest BCUT2D eigenvalue weighted by atomic mass is 10.2. The first kappa shape index (κ1) is 22.0. The molecule has 0 spiro atoms. The number of nitrogens with two attached hydrogens (primary N) is 1. The summed E-state index contributed by atoms with van der Waals surface area (Å²) in [4.78, 5) is 28.1. The van der Waals surface area contributed by atoms with Crippen molar-refractivity contribution in [1.82, 2.24) is 24.7 Å². The molecule has 0 atom stereocenters. The molecule has 0 aliphatic carbocycles. The van der Waals surface area contributed by atoms with Gasteiger partial charge < -0.3 is 15.4 Å². The van der Waals surface area contributed by atoms with Crippen molar-refractivity contribution in [2.45, 2.75) is 13.1 Å². The largest absolute Gasteiger partial charge is 0.497 e. The molecule has 8 nitrogen and oxygen atoms in total. The number of aromatic nitrogens is 2. The van der Waals surface area contributed by atoms with Gasteiger partial charge in [0.05, 0.1) is 25.7 Å². The first-order valence-corrected chi connectivity index (χ1v) is 10.8. The first-order chi connectivity index (χ1) is 15.5. The standard InChI is InChI=1S/C24H30N6O2/c1-28(15-18-6-5-7-19(14-18)32-2)23(31)17-30-12-10-29(11-13-30)16-22-26-21-9-4-3-8-20(21)24(25)27-22/h3-9,14H,10-13,15-17H2,1-2H3,(H2,25,26,27). The molecule has 0 unspecified atom stereocenters. The van der Waals surface area contributed by atoms with Crippen molar-refractivity contribution < 1.29 is 9.53 Å². The number of amides is 1. The van der Waals surface area contributed by atoms with E-state index in [4.69, 9.17) is 10.5 Å². The third-order valence-corrected chi connectivity index (χ3v) is 5.85. The number of piperazine rings is 1. The van der Waals surface area contributed by atoms with Gasteiger partial charge in [0.2, 0.25) is 5.91 Å². The number of likely N-dealkylation sites (N-methyl/N-ethyl adjacent to an activating group) is 1. The van der Waals surface area contributed by atoms with Crippen LogP contribution in [-0.2, 0) is 17.9 Å². The number of ether oxygens (including phenoxy) is 1. The fraction of sp³-hybridized carbons (Fsp3) is 0.375. The molecule has 0 radical (unpaired) electrons. The summed E-state index contributed by atoms with van der Waals surface area (Å²) in [7, 11) is 3.49. The van der Waals surface area contributed by atoms with Crippen molar-refractivity contribution in [3.05, 3.63) is 59.9 Å². The van der Waals surface area contributed by atoms with Crippen molar-refractivity contribution in [3.8, 4) is 5.75 Å². The summed E-state index contributed by atoms with van der Waals surface area (Å²) in [6.45, 7) is 5.05. The van der Waals surface area contributed by atoms with Gasteiger partial charge in [-0.3, -0.25) is 14.6 Å². The van der Waals surface area contributed by atoms with Gasteiger partial charge >= 0.3 is 0 Å². The maximum Gasteiger partial charge on any atom is 0.236 e. The molecule has 2 heterocycles. The van der Waals surface area contributed by atoms with Crippen LogP contribution in [0.2, 0.25) is 0 Å². The van der Waals surface area contributed by atoms with Crippen LogP contribution in [-0.4, -0.2) is 77.5 Å². The number of methoxy groups -OCH3 is 1. The average molecular weight is 435 g/mol. The van der Waals surface area contributed by atoms with Crippen LogP contribution in [0.15, 0.2) is 48.5 Å². The molecular formula is C24H30N6O2. The third kappa shape index (κ3) is 5.33. The number of anilines is 1. The van der Waals surface area contributed by atoms with Gasteiger partial charge in [0, 0.05) is 45.2 Å². The highest BCUT2D eigenvalue weighted by Crippen LogP contribution is 2.18. The highest BCUT2D eigenvalue weighted by Gasteiger charge is 2.21. The van der Waals surface area contributed by atoms with Crippen LogP contribution >= 0.6 is 0 Å². The van der Waals surface area contributed by atoms with Gasteiger partial charge in [0.25, 0.3) is 0 Å². The number of para-hydroxylation sites is 1. The molecule has 4 rings (SSSR count). The fourth-order valence-electron chi connectivity index (χ4n) is 3.97. The summed E-state index contributed by atoms with van der Waals surface area (Å²) < 4.78 is 5.27. The lowest BCUT2D eigenvalue weighted by Crippen LogP contribution is -2.49. The fourth-order valence-corrected chi connectivity index (χ4v) is 3.97. The van der Waals surface area contributed by atoms with E-state index in [0.29, 0.717) is 25.5 Å². The Morgan fingerprint density at radius 3 is 2.59 bits per heavy atom. The second-order valence-electron chi connectivity index (χ2n) is 8.20. The van der Waals surface area contributed by atoms with Crippen molar-refractivity contribution in [3.63, 3.8) is 0 Å². The van der Waals surface area contributed by atoms with Crippen LogP contribution in [0.25, 0.3) is 10.9 Å². The number of carbonyl (C=O) groups is 1. The van der Waals surface area contributed by atoms with Gasteiger partial charge in [-0.2, -0.15) is 0 Å². The highest BCUT2D eigenvalue weighted by atomic mass is 16.5. The van der Waals surface area contributed by atoms with Crippen LogP contribution in [0, 0.1) is 0 Å². The zero-order valence-corrected chi connectivity index (χ0v) is 18.7. The van der Waals surface area contributed by atoms with E-state index in [1.54, 1.807) is 12.0 Å².